The number of hydrogen-bond acceptors (Lipinski definition) is 4. The first-order chi connectivity index (χ1) is 9.67. The van der Waals surface area contributed by atoms with Gasteiger partial charge in [0.05, 0.1) is 18.7 Å². The van der Waals surface area contributed by atoms with Gasteiger partial charge < -0.3 is 15.3 Å². The van der Waals surface area contributed by atoms with Gasteiger partial charge in [-0.2, -0.15) is 0 Å². The molecule has 1 fully saturated rings. The zero-order valence-corrected chi connectivity index (χ0v) is 13.8. The molecule has 2 N–H and O–H groups in total. The van der Waals surface area contributed by atoms with Crippen molar-refractivity contribution in [3.63, 3.8) is 0 Å². The van der Waals surface area contributed by atoms with Gasteiger partial charge >= 0.3 is 0 Å². The molecule has 1 saturated heterocycles. The summed E-state index contributed by atoms with van der Waals surface area (Å²) in [5.41, 5.74) is -0.674. The van der Waals surface area contributed by atoms with Gasteiger partial charge in [-0.05, 0) is 26.7 Å². The Bertz CT molecular complexity index is 376. The van der Waals surface area contributed by atoms with Crippen molar-refractivity contribution in [2.24, 2.45) is 5.92 Å². The second-order valence-corrected chi connectivity index (χ2v) is 6.53. The molecule has 0 radical (unpaired) electrons. The van der Waals surface area contributed by atoms with Crippen LogP contribution in [0.2, 0.25) is 0 Å². The van der Waals surface area contributed by atoms with Gasteiger partial charge in [0.1, 0.15) is 0 Å². The minimum atomic E-state index is -0.674. The number of aliphatic hydroxyl groups is 1. The highest BCUT2D eigenvalue weighted by Gasteiger charge is 2.44. The summed E-state index contributed by atoms with van der Waals surface area (Å²) in [6, 6.07) is 0.0720. The second kappa shape index (κ2) is 7.22. The van der Waals surface area contributed by atoms with E-state index in [0.717, 1.165) is 0 Å². The fraction of sp³-hybridized carbons (Fsp3) is 0.867. The van der Waals surface area contributed by atoms with Crippen LogP contribution < -0.4 is 5.32 Å². The molecule has 0 aliphatic carbocycles. The molecular formula is C15H29N3O3. The molecule has 0 aromatic rings. The Balaban J connectivity index is 2.41. The van der Waals surface area contributed by atoms with E-state index in [4.69, 9.17) is 0 Å². The molecule has 0 spiro atoms. The maximum atomic E-state index is 12.2. The number of hydrogen-bond donors (Lipinski definition) is 2. The molecule has 0 saturated carbocycles. The molecule has 122 valence electrons. The predicted molar refractivity (Wildman–Crippen MR) is 81.8 cm³/mol. The van der Waals surface area contributed by atoms with E-state index in [0.29, 0.717) is 19.6 Å². The van der Waals surface area contributed by atoms with Crippen LogP contribution in [0, 0.1) is 5.92 Å². The zero-order valence-electron chi connectivity index (χ0n) is 13.8. The molecule has 6 nitrogen and oxygen atoms in total. The van der Waals surface area contributed by atoms with E-state index in [1.807, 2.05) is 39.5 Å². The molecule has 6 heteroatoms. The predicted octanol–water partition coefficient (Wildman–Crippen LogP) is 0.0622. The summed E-state index contributed by atoms with van der Waals surface area (Å²) in [6.45, 7) is 11.5. The molecule has 1 aliphatic heterocycles. The highest BCUT2D eigenvalue weighted by molar-refractivity contribution is 5.85. The van der Waals surface area contributed by atoms with Crippen LogP contribution in [-0.4, -0.2) is 71.1 Å². The van der Waals surface area contributed by atoms with E-state index < -0.39 is 5.60 Å². The molecular weight excluding hydrogens is 270 g/mol. The highest BCUT2D eigenvalue weighted by Crippen LogP contribution is 2.28. The van der Waals surface area contributed by atoms with Gasteiger partial charge in [0.15, 0.2) is 0 Å². The number of amides is 2. The quantitative estimate of drug-likeness (QED) is 0.697. The second-order valence-electron chi connectivity index (χ2n) is 6.53. The van der Waals surface area contributed by atoms with E-state index in [-0.39, 0.29) is 36.9 Å². The van der Waals surface area contributed by atoms with Crippen LogP contribution in [0.3, 0.4) is 0 Å². The van der Waals surface area contributed by atoms with E-state index >= 15 is 0 Å². The molecule has 1 heterocycles. The summed E-state index contributed by atoms with van der Waals surface area (Å²) >= 11 is 0. The molecule has 0 aromatic carbocycles. The molecule has 1 rings (SSSR count). The van der Waals surface area contributed by atoms with Gasteiger partial charge in [-0.25, -0.2) is 0 Å². The Hall–Kier alpha value is -1.14. The van der Waals surface area contributed by atoms with Crippen LogP contribution in [0.15, 0.2) is 0 Å². The van der Waals surface area contributed by atoms with Crippen molar-refractivity contribution >= 4 is 11.8 Å². The average molecular weight is 299 g/mol. The first-order valence-electron chi connectivity index (χ1n) is 7.69. The van der Waals surface area contributed by atoms with Gasteiger partial charge in [0.25, 0.3) is 0 Å². The van der Waals surface area contributed by atoms with Crippen molar-refractivity contribution in [2.75, 3.05) is 32.7 Å². The van der Waals surface area contributed by atoms with Gasteiger partial charge in [-0.1, -0.05) is 13.8 Å². The fourth-order valence-corrected chi connectivity index (χ4v) is 2.41. The Labute approximate surface area is 127 Å². The Morgan fingerprint density at radius 3 is 2.29 bits per heavy atom. The summed E-state index contributed by atoms with van der Waals surface area (Å²) in [7, 11) is 0. The van der Waals surface area contributed by atoms with Crippen molar-refractivity contribution in [3.8, 4) is 0 Å². The summed E-state index contributed by atoms with van der Waals surface area (Å²) < 4.78 is 0. The van der Waals surface area contributed by atoms with Crippen LogP contribution in [0.25, 0.3) is 0 Å². The van der Waals surface area contributed by atoms with Gasteiger partial charge in [-0.3, -0.25) is 14.5 Å². The van der Waals surface area contributed by atoms with Crippen LogP contribution in [0.4, 0.5) is 0 Å². The van der Waals surface area contributed by atoms with Gasteiger partial charge in [0.2, 0.25) is 11.8 Å². The summed E-state index contributed by atoms with van der Waals surface area (Å²) in [4.78, 5) is 27.4. The molecule has 0 bridgehead atoms. The Kier molecular flexibility index (Phi) is 6.16. The first kappa shape index (κ1) is 17.9. The van der Waals surface area contributed by atoms with Crippen molar-refractivity contribution < 1.29 is 14.7 Å². The third-order valence-electron chi connectivity index (χ3n) is 3.95. The third-order valence-corrected chi connectivity index (χ3v) is 3.95. The molecule has 0 atom stereocenters. The largest absolute Gasteiger partial charge is 0.387 e. The van der Waals surface area contributed by atoms with Crippen molar-refractivity contribution in [1.82, 2.24) is 15.1 Å². The monoisotopic (exact) mass is 299 g/mol. The minimum Gasteiger partial charge on any atom is -0.387 e. The maximum absolute atomic E-state index is 12.2. The Morgan fingerprint density at radius 1 is 1.29 bits per heavy atom. The molecule has 0 aromatic heterocycles. The van der Waals surface area contributed by atoms with E-state index in [2.05, 4.69) is 5.32 Å². The SMILES string of the molecule is CCN(CC(=O)NC(C)C)C(=O)CN1CC(O)(C(C)C)C1. The van der Waals surface area contributed by atoms with Gasteiger partial charge in [-0.15, -0.1) is 0 Å². The van der Waals surface area contributed by atoms with Crippen molar-refractivity contribution in [1.29, 1.82) is 0 Å². The van der Waals surface area contributed by atoms with Crippen LogP contribution in [0.5, 0.6) is 0 Å². The fourth-order valence-electron chi connectivity index (χ4n) is 2.41. The summed E-state index contributed by atoms with van der Waals surface area (Å²) in [5, 5.41) is 13.0. The standard InChI is InChI=1S/C15H29N3O3/c1-6-18(7-13(19)16-12(4)5)14(20)8-17-9-15(21,10-17)11(2)3/h11-12,21H,6-10H2,1-5H3,(H,16,19). The number of β-amino-alcohol motifs (C(OH)–C–C–N with tert-alkyl or cyclic N) is 1. The number of likely N-dealkylation sites (N-methyl/N-ethyl adjacent to an activating group) is 1. The van der Waals surface area contributed by atoms with Gasteiger partial charge in [0, 0.05) is 25.7 Å². The van der Waals surface area contributed by atoms with E-state index in [9.17, 15) is 14.7 Å². The normalized spacial score (nSPS) is 17.7. The third kappa shape index (κ3) is 4.97. The minimum absolute atomic E-state index is 0.0674. The lowest BCUT2D eigenvalue weighted by Gasteiger charge is -2.49. The number of carbonyl (C=O) groups is 2. The number of carbonyl (C=O) groups excluding carboxylic acids is 2. The number of nitrogens with one attached hydrogen (secondary N) is 1. The zero-order chi connectivity index (χ0) is 16.2. The number of likely N-dealkylation sites (tertiary alicyclic amines) is 1. The highest BCUT2D eigenvalue weighted by atomic mass is 16.3. The van der Waals surface area contributed by atoms with Crippen LogP contribution >= 0.6 is 0 Å². The van der Waals surface area contributed by atoms with Crippen LogP contribution in [0.1, 0.15) is 34.6 Å². The topological polar surface area (TPSA) is 72.9 Å². The number of rotatable bonds is 7. The number of nitrogens with zero attached hydrogens (tertiary/aromatic N) is 2. The van der Waals surface area contributed by atoms with Crippen LogP contribution in [-0.2, 0) is 9.59 Å². The smallest absolute Gasteiger partial charge is 0.239 e. The maximum Gasteiger partial charge on any atom is 0.239 e. The summed E-state index contributed by atoms with van der Waals surface area (Å²) in [5.74, 6) is -0.0207. The molecule has 0 unspecified atom stereocenters. The lowest BCUT2D eigenvalue weighted by atomic mass is 9.83. The molecule has 21 heavy (non-hydrogen) atoms. The first-order valence-corrected chi connectivity index (χ1v) is 7.69. The average Bonchev–Trinajstić information content (AvgIpc) is 2.32. The molecule has 1 aliphatic rings. The molecule has 2 amide bonds. The van der Waals surface area contributed by atoms with E-state index in [1.54, 1.807) is 4.90 Å². The Morgan fingerprint density at radius 2 is 1.86 bits per heavy atom. The van der Waals surface area contributed by atoms with E-state index in [1.165, 1.54) is 0 Å². The lowest BCUT2D eigenvalue weighted by Crippen LogP contribution is -2.66. The summed E-state index contributed by atoms with van der Waals surface area (Å²) in [6.07, 6.45) is 0. The van der Waals surface area contributed by atoms with Crippen molar-refractivity contribution in [3.05, 3.63) is 0 Å². The van der Waals surface area contributed by atoms with Crippen molar-refractivity contribution in [2.45, 2.75) is 46.3 Å². The lowest BCUT2D eigenvalue weighted by molar-refractivity contribution is -0.150.